The van der Waals surface area contributed by atoms with Crippen LogP contribution in [0.15, 0.2) is 42.5 Å². The molecule has 32 heavy (non-hydrogen) atoms. The molecule has 0 saturated carbocycles. The molecule has 2 aromatic carbocycles. The van der Waals surface area contributed by atoms with Gasteiger partial charge in [-0.25, -0.2) is 0 Å². The highest BCUT2D eigenvalue weighted by Crippen LogP contribution is 2.49. The lowest BCUT2D eigenvalue weighted by atomic mass is 9.94. The molecule has 168 valence electrons. The molecule has 1 atom stereocenters. The van der Waals surface area contributed by atoms with Crippen LogP contribution in [0.4, 0.5) is 11.4 Å². The molecule has 0 radical (unpaired) electrons. The van der Waals surface area contributed by atoms with E-state index in [1.165, 1.54) is 6.92 Å². The first kappa shape index (κ1) is 21.4. The number of carbonyl (C=O) groups is 1. The summed E-state index contributed by atoms with van der Waals surface area (Å²) in [5.41, 5.74) is 3.40. The van der Waals surface area contributed by atoms with Crippen LogP contribution in [0.3, 0.4) is 0 Å². The highest BCUT2D eigenvalue weighted by atomic mass is 16.7. The molecule has 0 fully saturated rings. The number of nitrogens with zero attached hydrogens (tertiary/aromatic N) is 1. The average Bonchev–Trinajstić information content (AvgIpc) is 3.26. The zero-order valence-electron chi connectivity index (χ0n) is 18.5. The summed E-state index contributed by atoms with van der Waals surface area (Å²) in [6, 6.07) is 7.26. The summed E-state index contributed by atoms with van der Waals surface area (Å²) in [6.07, 6.45) is 3.78. The predicted molar refractivity (Wildman–Crippen MR) is 119 cm³/mol. The maximum absolute atomic E-state index is 11.5. The summed E-state index contributed by atoms with van der Waals surface area (Å²) in [4.78, 5) is 13.6. The van der Waals surface area contributed by atoms with Crippen LogP contribution < -0.4 is 28.6 Å². The van der Waals surface area contributed by atoms with E-state index in [0.29, 0.717) is 28.7 Å². The molecule has 0 aliphatic carbocycles. The Morgan fingerprint density at radius 2 is 1.75 bits per heavy atom. The molecule has 0 saturated heterocycles. The van der Waals surface area contributed by atoms with Crippen molar-refractivity contribution in [1.82, 2.24) is 0 Å². The van der Waals surface area contributed by atoms with Gasteiger partial charge in [-0.1, -0.05) is 6.08 Å². The van der Waals surface area contributed by atoms with Gasteiger partial charge in [-0.15, -0.1) is 6.58 Å². The van der Waals surface area contributed by atoms with E-state index in [-0.39, 0.29) is 25.4 Å². The second-order valence-corrected chi connectivity index (χ2v) is 7.20. The van der Waals surface area contributed by atoms with Gasteiger partial charge in [0.25, 0.3) is 0 Å². The molecule has 8 heteroatoms. The van der Waals surface area contributed by atoms with Gasteiger partial charge in [0.15, 0.2) is 23.0 Å². The molecular formula is C24H25NO7. The Bertz CT molecular complexity index is 1070. The van der Waals surface area contributed by atoms with Gasteiger partial charge >= 0.3 is 5.97 Å². The molecule has 2 heterocycles. The Morgan fingerprint density at radius 1 is 1.09 bits per heavy atom. The first-order chi connectivity index (χ1) is 15.5. The van der Waals surface area contributed by atoms with Gasteiger partial charge in [0.1, 0.15) is 6.61 Å². The SMILES string of the molecule is C=CC1C(COC(C)=O)=Cc2cc3c(cc2N1c1cc(OC)c(OC)c(OC)c1)OCO3. The van der Waals surface area contributed by atoms with Crippen LogP contribution in [-0.2, 0) is 9.53 Å². The number of methoxy groups -OCH3 is 3. The predicted octanol–water partition coefficient (Wildman–Crippen LogP) is 4.09. The zero-order valence-corrected chi connectivity index (χ0v) is 18.5. The third-order valence-electron chi connectivity index (χ3n) is 5.37. The molecule has 0 amide bonds. The van der Waals surface area contributed by atoms with Gasteiger partial charge in [-0.2, -0.15) is 0 Å². The van der Waals surface area contributed by atoms with Crippen molar-refractivity contribution >= 4 is 23.4 Å². The van der Waals surface area contributed by atoms with Crippen molar-refractivity contribution in [2.75, 3.05) is 39.6 Å². The van der Waals surface area contributed by atoms with E-state index < -0.39 is 0 Å². The lowest BCUT2D eigenvalue weighted by Crippen LogP contribution is -2.35. The van der Waals surface area contributed by atoms with Crippen LogP contribution in [0.1, 0.15) is 12.5 Å². The number of fused-ring (bicyclic) bond motifs is 2. The molecule has 0 spiro atoms. The molecule has 2 aromatic rings. The van der Waals surface area contributed by atoms with Crippen LogP contribution in [0.5, 0.6) is 28.7 Å². The minimum absolute atomic E-state index is 0.126. The quantitative estimate of drug-likeness (QED) is 0.472. The molecule has 4 rings (SSSR count). The van der Waals surface area contributed by atoms with Gasteiger partial charge < -0.3 is 33.3 Å². The van der Waals surface area contributed by atoms with E-state index in [2.05, 4.69) is 11.5 Å². The van der Waals surface area contributed by atoms with E-state index in [1.807, 2.05) is 30.3 Å². The lowest BCUT2D eigenvalue weighted by Gasteiger charge is -2.38. The molecule has 8 nitrogen and oxygen atoms in total. The van der Waals surface area contributed by atoms with Crippen molar-refractivity contribution in [1.29, 1.82) is 0 Å². The Morgan fingerprint density at radius 3 is 2.31 bits per heavy atom. The number of hydrogen-bond acceptors (Lipinski definition) is 8. The normalized spacial score (nSPS) is 16.1. The summed E-state index contributed by atoms with van der Waals surface area (Å²) >= 11 is 0. The van der Waals surface area contributed by atoms with Gasteiger partial charge in [-0.3, -0.25) is 4.79 Å². The van der Waals surface area contributed by atoms with Crippen molar-refractivity contribution in [2.24, 2.45) is 0 Å². The lowest BCUT2D eigenvalue weighted by molar-refractivity contribution is -0.140. The van der Waals surface area contributed by atoms with Gasteiger partial charge in [0.05, 0.1) is 33.1 Å². The fourth-order valence-electron chi connectivity index (χ4n) is 3.95. The molecule has 0 aromatic heterocycles. The Balaban J connectivity index is 1.91. The monoisotopic (exact) mass is 439 g/mol. The summed E-state index contributed by atoms with van der Waals surface area (Å²) in [5.74, 6) is 2.48. The fourth-order valence-corrected chi connectivity index (χ4v) is 3.95. The molecule has 1 unspecified atom stereocenters. The summed E-state index contributed by atoms with van der Waals surface area (Å²) in [6.45, 7) is 5.71. The smallest absolute Gasteiger partial charge is 0.302 e. The standard InChI is InChI=1S/C24H25NO7/c1-6-18-16(12-30-14(2)26)7-15-8-20-21(32-13-31-20)11-19(15)25(18)17-9-22(27-3)24(29-5)23(10-17)28-4/h6-11,18H,1,12-13H2,2-5H3. The first-order valence-electron chi connectivity index (χ1n) is 10.00. The molecule has 0 bridgehead atoms. The van der Waals surface area contributed by atoms with Crippen molar-refractivity contribution in [2.45, 2.75) is 13.0 Å². The largest absolute Gasteiger partial charge is 0.493 e. The average molecular weight is 439 g/mol. The summed E-state index contributed by atoms with van der Waals surface area (Å²) in [5, 5.41) is 0. The number of hydrogen-bond donors (Lipinski definition) is 0. The number of esters is 1. The van der Waals surface area contributed by atoms with Crippen molar-refractivity contribution in [3.63, 3.8) is 0 Å². The number of anilines is 2. The van der Waals surface area contributed by atoms with Gasteiger partial charge in [0, 0.05) is 36.4 Å². The number of rotatable bonds is 7. The summed E-state index contributed by atoms with van der Waals surface area (Å²) < 4.78 is 33.1. The van der Waals surface area contributed by atoms with Crippen LogP contribution in [0, 0.1) is 0 Å². The van der Waals surface area contributed by atoms with Gasteiger partial charge in [-0.05, 0) is 17.7 Å². The Kier molecular flexibility index (Phi) is 5.85. The first-order valence-corrected chi connectivity index (χ1v) is 10.00. The van der Waals surface area contributed by atoms with E-state index in [9.17, 15) is 4.79 Å². The maximum atomic E-state index is 11.5. The Hall–Kier alpha value is -3.81. The van der Waals surface area contributed by atoms with E-state index in [1.54, 1.807) is 27.4 Å². The third-order valence-corrected chi connectivity index (χ3v) is 5.37. The highest BCUT2D eigenvalue weighted by Gasteiger charge is 2.32. The van der Waals surface area contributed by atoms with Crippen LogP contribution in [0.25, 0.3) is 6.08 Å². The molecule has 2 aliphatic rings. The topological polar surface area (TPSA) is 75.7 Å². The highest BCUT2D eigenvalue weighted by molar-refractivity contribution is 5.85. The number of carbonyl (C=O) groups excluding carboxylic acids is 1. The molecular weight excluding hydrogens is 414 g/mol. The maximum Gasteiger partial charge on any atom is 0.302 e. The number of benzene rings is 2. The summed E-state index contributed by atoms with van der Waals surface area (Å²) in [7, 11) is 4.70. The fraction of sp³-hybridized carbons (Fsp3) is 0.292. The second-order valence-electron chi connectivity index (χ2n) is 7.20. The minimum Gasteiger partial charge on any atom is -0.493 e. The van der Waals surface area contributed by atoms with Crippen LogP contribution in [0.2, 0.25) is 0 Å². The van der Waals surface area contributed by atoms with Crippen molar-refractivity contribution in [3.05, 3.63) is 48.1 Å². The van der Waals surface area contributed by atoms with Crippen LogP contribution in [-0.4, -0.2) is 46.7 Å². The number of ether oxygens (including phenoxy) is 6. The van der Waals surface area contributed by atoms with Crippen molar-refractivity contribution in [3.8, 4) is 28.7 Å². The third kappa shape index (κ3) is 3.68. The van der Waals surface area contributed by atoms with Crippen LogP contribution >= 0.6 is 0 Å². The Labute approximate surface area is 186 Å². The minimum atomic E-state index is -0.357. The van der Waals surface area contributed by atoms with Crippen molar-refractivity contribution < 1.29 is 33.2 Å². The zero-order chi connectivity index (χ0) is 22.8. The van der Waals surface area contributed by atoms with Gasteiger partial charge in [0.2, 0.25) is 12.5 Å². The van der Waals surface area contributed by atoms with E-state index in [4.69, 9.17) is 28.4 Å². The van der Waals surface area contributed by atoms with E-state index >= 15 is 0 Å². The molecule has 2 aliphatic heterocycles. The van der Waals surface area contributed by atoms with E-state index in [0.717, 1.165) is 22.5 Å². The second kappa shape index (κ2) is 8.74. The molecule has 0 N–H and O–H groups in total.